The lowest BCUT2D eigenvalue weighted by Crippen LogP contribution is -2.28. The van der Waals surface area contributed by atoms with Crippen LogP contribution in [0.5, 0.6) is 0 Å². The molecule has 0 saturated carbocycles. The van der Waals surface area contributed by atoms with Gasteiger partial charge in [-0.1, -0.05) is 0 Å². The van der Waals surface area contributed by atoms with Gasteiger partial charge in [0.1, 0.15) is 0 Å². The van der Waals surface area contributed by atoms with E-state index in [-0.39, 0.29) is 24.2 Å². The van der Waals surface area contributed by atoms with Crippen LogP contribution in [0.3, 0.4) is 0 Å². The minimum atomic E-state index is -0.897. The maximum Gasteiger partial charge on any atom is 0.328 e. The molecule has 15 heavy (non-hydrogen) atoms. The van der Waals surface area contributed by atoms with Gasteiger partial charge in [0.2, 0.25) is 0 Å². The molecule has 1 atom stereocenters. The van der Waals surface area contributed by atoms with Gasteiger partial charge in [0.25, 0.3) is 0 Å². The van der Waals surface area contributed by atoms with Gasteiger partial charge in [-0.05, 0) is 20.8 Å². The molecule has 1 N–H and O–H groups in total. The lowest BCUT2D eigenvalue weighted by atomic mass is 10.2. The maximum atomic E-state index is 11.8. The molecule has 0 bridgehead atoms. The Labute approximate surface area is 88.0 Å². The Balaban J connectivity index is 2.96. The summed E-state index contributed by atoms with van der Waals surface area (Å²) in [6, 6.07) is -0.217. The Morgan fingerprint density at radius 2 is 1.87 bits per heavy atom. The van der Waals surface area contributed by atoms with Crippen molar-refractivity contribution in [2.45, 2.75) is 39.3 Å². The fraction of sp³-hybridized carbons (Fsp3) is 0.600. The van der Waals surface area contributed by atoms with E-state index in [0.717, 1.165) is 0 Å². The zero-order chi connectivity index (χ0) is 11.6. The maximum absolute atomic E-state index is 11.8. The van der Waals surface area contributed by atoms with Crippen molar-refractivity contribution in [1.29, 1.82) is 0 Å². The van der Waals surface area contributed by atoms with Gasteiger partial charge in [0, 0.05) is 24.5 Å². The molecule has 1 heterocycles. The quantitative estimate of drug-likeness (QED) is 0.817. The second-order valence-corrected chi connectivity index (χ2v) is 3.94. The summed E-state index contributed by atoms with van der Waals surface area (Å²) in [5.41, 5.74) is -0.154. The molecule has 5 nitrogen and oxygen atoms in total. The van der Waals surface area contributed by atoms with E-state index in [0.29, 0.717) is 0 Å². The Kier molecular flexibility index (Phi) is 3.34. The Morgan fingerprint density at radius 3 is 2.27 bits per heavy atom. The number of carbonyl (C=O) groups is 1. The Bertz CT molecular complexity index is 403. The van der Waals surface area contributed by atoms with Crippen LogP contribution in [0.1, 0.15) is 39.3 Å². The molecule has 1 aromatic rings. The molecule has 1 rings (SSSR count). The van der Waals surface area contributed by atoms with Gasteiger partial charge < -0.3 is 5.11 Å². The number of rotatable bonds is 4. The third-order valence-corrected chi connectivity index (χ3v) is 2.33. The molecule has 84 valence electrons. The van der Waals surface area contributed by atoms with Crippen LogP contribution in [-0.4, -0.2) is 20.2 Å². The van der Waals surface area contributed by atoms with Crippen molar-refractivity contribution in [3.63, 3.8) is 0 Å². The molecule has 1 unspecified atom stereocenters. The van der Waals surface area contributed by atoms with Crippen LogP contribution in [0.2, 0.25) is 0 Å². The monoisotopic (exact) mass is 212 g/mol. The van der Waals surface area contributed by atoms with Crippen LogP contribution in [0, 0.1) is 0 Å². The summed E-state index contributed by atoms with van der Waals surface area (Å²) in [6.07, 6.45) is 3.28. The van der Waals surface area contributed by atoms with Crippen molar-refractivity contribution in [2.24, 2.45) is 0 Å². The van der Waals surface area contributed by atoms with Crippen molar-refractivity contribution >= 4 is 5.97 Å². The van der Waals surface area contributed by atoms with Crippen LogP contribution in [0.25, 0.3) is 0 Å². The summed E-state index contributed by atoms with van der Waals surface area (Å²) >= 11 is 0. The van der Waals surface area contributed by atoms with Gasteiger partial charge in [-0.15, -0.1) is 0 Å². The summed E-state index contributed by atoms with van der Waals surface area (Å²) in [5, 5.41) is 8.63. The number of hydrogen-bond acceptors (Lipinski definition) is 2. The summed E-state index contributed by atoms with van der Waals surface area (Å²) in [5.74, 6) is -0.897. The highest BCUT2D eigenvalue weighted by Gasteiger charge is 2.14. The predicted molar refractivity (Wildman–Crippen MR) is 56.0 cm³/mol. The number of aliphatic carboxylic acids is 1. The van der Waals surface area contributed by atoms with Crippen molar-refractivity contribution in [1.82, 2.24) is 9.13 Å². The normalized spacial score (nSPS) is 13.1. The molecule has 0 radical (unpaired) electrons. The largest absolute Gasteiger partial charge is 0.481 e. The van der Waals surface area contributed by atoms with Crippen molar-refractivity contribution < 1.29 is 9.90 Å². The first-order valence-electron chi connectivity index (χ1n) is 4.94. The third kappa shape index (κ3) is 2.49. The lowest BCUT2D eigenvalue weighted by molar-refractivity contribution is -0.137. The number of carboxylic acids is 1. The number of nitrogens with zero attached hydrogens (tertiary/aromatic N) is 2. The Hall–Kier alpha value is -1.52. The molecule has 0 aromatic carbocycles. The van der Waals surface area contributed by atoms with E-state index in [1.165, 1.54) is 4.57 Å². The van der Waals surface area contributed by atoms with E-state index in [2.05, 4.69) is 0 Å². The number of aromatic nitrogens is 2. The zero-order valence-corrected chi connectivity index (χ0v) is 9.17. The van der Waals surface area contributed by atoms with Gasteiger partial charge in [-0.2, -0.15) is 0 Å². The predicted octanol–water partition coefficient (Wildman–Crippen LogP) is 1.27. The summed E-state index contributed by atoms with van der Waals surface area (Å²) in [6.45, 7) is 5.54. The molecule has 1 aromatic heterocycles. The molecule has 0 aliphatic carbocycles. The molecular weight excluding hydrogens is 196 g/mol. The van der Waals surface area contributed by atoms with Crippen molar-refractivity contribution in [3.8, 4) is 0 Å². The van der Waals surface area contributed by atoms with Gasteiger partial charge in [-0.3, -0.25) is 13.9 Å². The molecule has 0 aliphatic heterocycles. The number of carboxylic acid groups (broad SMARTS) is 1. The van der Waals surface area contributed by atoms with Crippen LogP contribution < -0.4 is 5.69 Å². The van der Waals surface area contributed by atoms with Gasteiger partial charge in [0.15, 0.2) is 0 Å². The van der Waals surface area contributed by atoms with Gasteiger partial charge in [0.05, 0.1) is 6.42 Å². The second kappa shape index (κ2) is 4.33. The first-order chi connectivity index (χ1) is 6.93. The van der Waals surface area contributed by atoms with E-state index in [1.807, 2.05) is 13.8 Å². The van der Waals surface area contributed by atoms with Crippen LogP contribution in [0.15, 0.2) is 17.2 Å². The summed E-state index contributed by atoms with van der Waals surface area (Å²) in [4.78, 5) is 22.3. The topological polar surface area (TPSA) is 64.2 Å². The average Bonchev–Trinajstić information content (AvgIpc) is 2.45. The van der Waals surface area contributed by atoms with E-state index in [1.54, 1.807) is 23.9 Å². The minimum absolute atomic E-state index is 0.0397. The van der Waals surface area contributed by atoms with Crippen LogP contribution in [-0.2, 0) is 4.79 Å². The first kappa shape index (κ1) is 11.6. The fourth-order valence-electron chi connectivity index (χ4n) is 1.48. The molecule has 0 amide bonds. The zero-order valence-electron chi connectivity index (χ0n) is 9.17. The Morgan fingerprint density at radius 1 is 1.33 bits per heavy atom. The standard InChI is InChI=1S/C10H16N2O3/c1-7(2)11-4-5-12(10(11)15)8(3)6-9(13)14/h4-5,7-8H,6H2,1-3H3,(H,13,14). The number of hydrogen-bond donors (Lipinski definition) is 1. The van der Waals surface area contributed by atoms with Crippen molar-refractivity contribution in [3.05, 3.63) is 22.9 Å². The highest BCUT2D eigenvalue weighted by Crippen LogP contribution is 2.09. The fourth-order valence-corrected chi connectivity index (χ4v) is 1.48. The van der Waals surface area contributed by atoms with Crippen LogP contribution in [0.4, 0.5) is 0 Å². The average molecular weight is 212 g/mol. The van der Waals surface area contributed by atoms with E-state index in [9.17, 15) is 9.59 Å². The van der Waals surface area contributed by atoms with Crippen molar-refractivity contribution in [2.75, 3.05) is 0 Å². The van der Waals surface area contributed by atoms with E-state index < -0.39 is 5.97 Å². The molecule has 0 fully saturated rings. The van der Waals surface area contributed by atoms with E-state index in [4.69, 9.17) is 5.11 Å². The summed E-state index contributed by atoms with van der Waals surface area (Å²) < 4.78 is 3.03. The van der Waals surface area contributed by atoms with Gasteiger partial charge >= 0.3 is 11.7 Å². The molecule has 5 heteroatoms. The first-order valence-corrected chi connectivity index (χ1v) is 4.94. The third-order valence-electron chi connectivity index (χ3n) is 2.33. The minimum Gasteiger partial charge on any atom is -0.481 e. The van der Waals surface area contributed by atoms with E-state index >= 15 is 0 Å². The molecule has 0 spiro atoms. The second-order valence-electron chi connectivity index (χ2n) is 3.94. The SMILES string of the molecule is CC(C)n1ccn(C(C)CC(=O)O)c1=O. The highest BCUT2D eigenvalue weighted by atomic mass is 16.4. The summed E-state index contributed by atoms with van der Waals surface area (Å²) in [7, 11) is 0. The molecular formula is C10H16N2O3. The highest BCUT2D eigenvalue weighted by molar-refractivity contribution is 5.67. The van der Waals surface area contributed by atoms with Gasteiger partial charge in [-0.25, -0.2) is 4.79 Å². The lowest BCUT2D eigenvalue weighted by Gasteiger charge is -2.09. The smallest absolute Gasteiger partial charge is 0.328 e. The van der Waals surface area contributed by atoms with Crippen LogP contribution >= 0.6 is 0 Å². The molecule has 0 saturated heterocycles. The molecule has 0 aliphatic rings. The number of imidazole rings is 1.